The van der Waals surface area contributed by atoms with Crippen molar-refractivity contribution < 1.29 is 4.74 Å². The molecule has 1 aliphatic heterocycles. The van der Waals surface area contributed by atoms with Crippen molar-refractivity contribution >= 4 is 0 Å². The average molecular weight is 290 g/mol. The summed E-state index contributed by atoms with van der Waals surface area (Å²) in [6, 6.07) is 8.47. The van der Waals surface area contributed by atoms with Crippen molar-refractivity contribution in [2.75, 3.05) is 26.2 Å². The highest BCUT2D eigenvalue weighted by Gasteiger charge is 2.33. The number of ether oxygens (including phenoxy) is 1. The molecule has 1 heterocycles. The van der Waals surface area contributed by atoms with Gasteiger partial charge in [0.25, 0.3) is 0 Å². The standard InChI is InChI=1S/C18H30N2O/c1-4-21-17-9-7-16(8-10-17)12-18(3,14-19)20-11-5-6-15(2)13-20/h7-10,15H,4-6,11-14,19H2,1-3H3. The topological polar surface area (TPSA) is 38.5 Å². The van der Waals surface area contributed by atoms with Crippen LogP contribution in [-0.2, 0) is 6.42 Å². The first-order chi connectivity index (χ1) is 10.1. The Balaban J connectivity index is 2.06. The minimum absolute atomic E-state index is 0.0574. The monoisotopic (exact) mass is 290 g/mol. The van der Waals surface area contributed by atoms with Crippen LogP contribution in [0, 0.1) is 5.92 Å². The number of hydrogen-bond donors (Lipinski definition) is 1. The highest BCUT2D eigenvalue weighted by molar-refractivity contribution is 5.28. The first-order valence-electron chi connectivity index (χ1n) is 8.24. The van der Waals surface area contributed by atoms with Crippen LogP contribution in [0.1, 0.15) is 39.2 Å². The number of hydrogen-bond acceptors (Lipinski definition) is 3. The lowest BCUT2D eigenvalue weighted by Gasteiger charge is -2.45. The van der Waals surface area contributed by atoms with Gasteiger partial charge in [0.15, 0.2) is 0 Å². The van der Waals surface area contributed by atoms with Crippen LogP contribution < -0.4 is 10.5 Å². The minimum atomic E-state index is 0.0574. The fourth-order valence-corrected chi connectivity index (χ4v) is 3.30. The van der Waals surface area contributed by atoms with E-state index in [1.165, 1.54) is 31.5 Å². The summed E-state index contributed by atoms with van der Waals surface area (Å²) in [7, 11) is 0. The lowest BCUT2D eigenvalue weighted by molar-refractivity contribution is 0.0641. The third-order valence-electron chi connectivity index (χ3n) is 4.68. The third-order valence-corrected chi connectivity index (χ3v) is 4.68. The first kappa shape index (κ1) is 16.3. The van der Waals surface area contributed by atoms with E-state index in [0.29, 0.717) is 13.2 Å². The number of nitrogens with zero attached hydrogens (tertiary/aromatic N) is 1. The van der Waals surface area contributed by atoms with Gasteiger partial charge in [-0.15, -0.1) is 0 Å². The van der Waals surface area contributed by atoms with Gasteiger partial charge in [-0.2, -0.15) is 0 Å². The zero-order valence-corrected chi connectivity index (χ0v) is 13.8. The lowest BCUT2D eigenvalue weighted by Crippen LogP contribution is -2.56. The first-order valence-corrected chi connectivity index (χ1v) is 8.24. The summed E-state index contributed by atoms with van der Waals surface area (Å²) in [5.74, 6) is 1.73. The Kier molecular flexibility index (Phi) is 5.65. The van der Waals surface area contributed by atoms with E-state index in [1.54, 1.807) is 0 Å². The molecule has 1 fully saturated rings. The maximum absolute atomic E-state index is 6.14. The number of likely N-dealkylation sites (tertiary alicyclic amines) is 1. The van der Waals surface area contributed by atoms with Gasteiger partial charge in [-0.3, -0.25) is 4.90 Å². The van der Waals surface area contributed by atoms with E-state index >= 15 is 0 Å². The second-order valence-electron chi connectivity index (χ2n) is 6.65. The van der Waals surface area contributed by atoms with Gasteiger partial charge >= 0.3 is 0 Å². The second-order valence-corrected chi connectivity index (χ2v) is 6.65. The van der Waals surface area contributed by atoms with Crippen molar-refractivity contribution in [2.24, 2.45) is 11.7 Å². The number of piperidine rings is 1. The molecule has 1 saturated heterocycles. The SMILES string of the molecule is CCOc1ccc(CC(C)(CN)N2CCCC(C)C2)cc1. The van der Waals surface area contributed by atoms with Gasteiger partial charge in [-0.1, -0.05) is 19.1 Å². The van der Waals surface area contributed by atoms with Crippen molar-refractivity contribution in [2.45, 2.75) is 45.6 Å². The van der Waals surface area contributed by atoms with Crippen molar-refractivity contribution in [1.29, 1.82) is 0 Å². The summed E-state index contributed by atoms with van der Waals surface area (Å²) < 4.78 is 5.51. The van der Waals surface area contributed by atoms with Crippen LogP contribution in [0.2, 0.25) is 0 Å². The van der Waals surface area contributed by atoms with Gasteiger partial charge in [-0.05, 0) is 63.3 Å². The molecule has 3 nitrogen and oxygen atoms in total. The predicted molar refractivity (Wildman–Crippen MR) is 88.7 cm³/mol. The lowest BCUT2D eigenvalue weighted by atomic mass is 9.87. The van der Waals surface area contributed by atoms with Crippen molar-refractivity contribution in [3.8, 4) is 5.75 Å². The van der Waals surface area contributed by atoms with Crippen molar-refractivity contribution in [1.82, 2.24) is 4.90 Å². The maximum Gasteiger partial charge on any atom is 0.119 e. The highest BCUT2D eigenvalue weighted by atomic mass is 16.5. The molecule has 0 amide bonds. The molecule has 2 atom stereocenters. The summed E-state index contributed by atoms with van der Waals surface area (Å²) >= 11 is 0. The predicted octanol–water partition coefficient (Wildman–Crippen LogP) is 3.08. The number of nitrogens with two attached hydrogens (primary N) is 1. The maximum atomic E-state index is 6.14. The van der Waals surface area contributed by atoms with Crippen molar-refractivity contribution in [3.05, 3.63) is 29.8 Å². The molecule has 0 radical (unpaired) electrons. The molecule has 0 bridgehead atoms. The molecule has 2 N–H and O–H groups in total. The van der Waals surface area contributed by atoms with Crippen LogP contribution >= 0.6 is 0 Å². The number of rotatable bonds is 6. The van der Waals surface area contributed by atoms with E-state index in [-0.39, 0.29) is 5.54 Å². The fraction of sp³-hybridized carbons (Fsp3) is 0.667. The van der Waals surface area contributed by atoms with Gasteiger partial charge < -0.3 is 10.5 Å². The fourth-order valence-electron chi connectivity index (χ4n) is 3.30. The minimum Gasteiger partial charge on any atom is -0.494 e. The Hall–Kier alpha value is -1.06. The Morgan fingerprint density at radius 2 is 2.05 bits per heavy atom. The van der Waals surface area contributed by atoms with E-state index in [0.717, 1.165) is 18.1 Å². The Bertz CT molecular complexity index is 431. The van der Waals surface area contributed by atoms with Crippen LogP contribution in [0.3, 0.4) is 0 Å². The van der Waals surface area contributed by atoms with Crippen LogP contribution in [-0.4, -0.2) is 36.7 Å². The van der Waals surface area contributed by atoms with Gasteiger partial charge in [0.2, 0.25) is 0 Å². The molecular weight excluding hydrogens is 260 g/mol. The molecule has 0 spiro atoms. The summed E-state index contributed by atoms with van der Waals surface area (Å²) in [4.78, 5) is 2.59. The van der Waals surface area contributed by atoms with Gasteiger partial charge in [0, 0.05) is 18.6 Å². The molecule has 21 heavy (non-hydrogen) atoms. The quantitative estimate of drug-likeness (QED) is 0.875. The third kappa shape index (κ3) is 4.21. The zero-order valence-electron chi connectivity index (χ0n) is 13.8. The Morgan fingerprint density at radius 1 is 1.33 bits per heavy atom. The molecule has 1 aromatic rings. The Labute approximate surface area is 129 Å². The average Bonchev–Trinajstić information content (AvgIpc) is 2.49. The normalized spacial score (nSPS) is 22.8. The summed E-state index contributed by atoms with van der Waals surface area (Å²) in [6.07, 6.45) is 3.64. The van der Waals surface area contributed by atoms with Crippen LogP contribution in [0.25, 0.3) is 0 Å². The Morgan fingerprint density at radius 3 is 2.62 bits per heavy atom. The van der Waals surface area contributed by atoms with E-state index in [1.807, 2.05) is 6.92 Å². The highest BCUT2D eigenvalue weighted by Crippen LogP contribution is 2.27. The molecule has 3 heteroatoms. The molecule has 0 aliphatic carbocycles. The molecule has 1 aliphatic rings. The largest absolute Gasteiger partial charge is 0.494 e. The molecule has 0 saturated carbocycles. The second kappa shape index (κ2) is 7.28. The number of benzene rings is 1. The summed E-state index contributed by atoms with van der Waals surface area (Å²) in [5.41, 5.74) is 7.54. The van der Waals surface area contributed by atoms with Gasteiger partial charge in [-0.25, -0.2) is 0 Å². The molecule has 1 aromatic carbocycles. The molecule has 118 valence electrons. The molecule has 0 aromatic heterocycles. The van der Waals surface area contributed by atoms with E-state index in [2.05, 4.69) is 43.0 Å². The summed E-state index contributed by atoms with van der Waals surface area (Å²) in [6.45, 7) is 10.4. The van der Waals surface area contributed by atoms with E-state index in [9.17, 15) is 0 Å². The van der Waals surface area contributed by atoms with E-state index in [4.69, 9.17) is 10.5 Å². The zero-order chi connectivity index (χ0) is 15.3. The molecular formula is C18H30N2O. The van der Waals surface area contributed by atoms with Gasteiger partial charge in [0.05, 0.1) is 6.61 Å². The molecule has 2 rings (SSSR count). The molecule has 2 unspecified atom stereocenters. The summed E-state index contributed by atoms with van der Waals surface area (Å²) in [5, 5.41) is 0. The van der Waals surface area contributed by atoms with Crippen LogP contribution in [0.5, 0.6) is 5.75 Å². The van der Waals surface area contributed by atoms with Crippen molar-refractivity contribution in [3.63, 3.8) is 0 Å². The smallest absolute Gasteiger partial charge is 0.119 e. The van der Waals surface area contributed by atoms with Crippen LogP contribution in [0.15, 0.2) is 24.3 Å². The van der Waals surface area contributed by atoms with E-state index < -0.39 is 0 Å². The van der Waals surface area contributed by atoms with Crippen LogP contribution in [0.4, 0.5) is 0 Å². The van der Waals surface area contributed by atoms with Gasteiger partial charge in [0.1, 0.15) is 5.75 Å².